The van der Waals surface area contributed by atoms with Crippen molar-refractivity contribution in [1.29, 1.82) is 0 Å². The Kier molecular flexibility index (Phi) is 6.41. The number of hydrogen-bond acceptors (Lipinski definition) is 5. The molecule has 114 valence electrons. The number of hydrogen-bond donors (Lipinski definition) is 2. The molecule has 1 aromatic heterocycles. The number of halogens is 1. The van der Waals surface area contributed by atoms with Crippen LogP contribution in [-0.2, 0) is 14.8 Å². The SMILES string of the molecule is CN(C(=O)CNS(=O)(=O)c1cccs1)C1CCNC1.Cl. The van der Waals surface area contributed by atoms with Crippen molar-refractivity contribution in [2.45, 2.75) is 16.7 Å². The van der Waals surface area contributed by atoms with Crippen LogP contribution in [0.4, 0.5) is 0 Å². The summed E-state index contributed by atoms with van der Waals surface area (Å²) in [7, 11) is -1.86. The monoisotopic (exact) mass is 339 g/mol. The lowest BCUT2D eigenvalue weighted by Crippen LogP contribution is -2.44. The van der Waals surface area contributed by atoms with Crippen LogP contribution in [0.25, 0.3) is 0 Å². The van der Waals surface area contributed by atoms with Crippen LogP contribution in [0.3, 0.4) is 0 Å². The molecule has 1 aromatic rings. The Morgan fingerprint density at radius 1 is 1.60 bits per heavy atom. The van der Waals surface area contributed by atoms with Crippen LogP contribution in [0, 0.1) is 0 Å². The van der Waals surface area contributed by atoms with Crippen molar-refractivity contribution in [3.63, 3.8) is 0 Å². The first-order valence-corrected chi connectivity index (χ1v) is 8.36. The minimum Gasteiger partial charge on any atom is -0.340 e. The first-order chi connectivity index (χ1) is 9.00. The van der Waals surface area contributed by atoms with Crippen molar-refractivity contribution in [2.24, 2.45) is 0 Å². The van der Waals surface area contributed by atoms with Gasteiger partial charge in [-0.1, -0.05) is 6.07 Å². The van der Waals surface area contributed by atoms with E-state index >= 15 is 0 Å². The van der Waals surface area contributed by atoms with Crippen molar-refractivity contribution < 1.29 is 13.2 Å². The van der Waals surface area contributed by atoms with Gasteiger partial charge in [-0.25, -0.2) is 13.1 Å². The predicted molar refractivity (Wildman–Crippen MR) is 80.8 cm³/mol. The first kappa shape index (κ1) is 17.4. The Labute approximate surface area is 129 Å². The van der Waals surface area contributed by atoms with Gasteiger partial charge in [-0.15, -0.1) is 23.7 Å². The fourth-order valence-electron chi connectivity index (χ4n) is 1.94. The maximum absolute atomic E-state index is 11.9. The van der Waals surface area contributed by atoms with Crippen LogP contribution < -0.4 is 10.0 Å². The van der Waals surface area contributed by atoms with Crippen LogP contribution in [0.2, 0.25) is 0 Å². The summed E-state index contributed by atoms with van der Waals surface area (Å²) >= 11 is 1.13. The summed E-state index contributed by atoms with van der Waals surface area (Å²) in [6.07, 6.45) is 0.903. The maximum atomic E-state index is 11.9. The van der Waals surface area contributed by atoms with E-state index in [1.54, 1.807) is 23.4 Å². The molecule has 2 rings (SSSR count). The molecule has 0 bridgehead atoms. The van der Waals surface area contributed by atoms with Crippen molar-refractivity contribution in [1.82, 2.24) is 14.9 Å². The lowest BCUT2D eigenvalue weighted by Gasteiger charge is -2.23. The number of nitrogens with one attached hydrogen (secondary N) is 2. The molecule has 1 saturated heterocycles. The highest BCUT2D eigenvalue weighted by Crippen LogP contribution is 2.15. The molecule has 1 fully saturated rings. The molecular formula is C11H18ClN3O3S2. The number of sulfonamides is 1. The van der Waals surface area contributed by atoms with E-state index in [4.69, 9.17) is 0 Å². The summed E-state index contributed by atoms with van der Waals surface area (Å²) in [4.78, 5) is 13.5. The Balaban J connectivity index is 0.00000200. The first-order valence-electron chi connectivity index (χ1n) is 6.00. The highest BCUT2D eigenvalue weighted by Gasteiger charge is 2.24. The van der Waals surface area contributed by atoms with E-state index < -0.39 is 10.0 Å². The molecular weight excluding hydrogens is 322 g/mol. The second kappa shape index (κ2) is 7.37. The topological polar surface area (TPSA) is 78.5 Å². The number of rotatable bonds is 5. The minimum atomic E-state index is -3.56. The maximum Gasteiger partial charge on any atom is 0.250 e. The van der Waals surface area contributed by atoms with Gasteiger partial charge in [0.15, 0.2) is 0 Å². The summed E-state index contributed by atoms with van der Waals surface area (Å²) in [5, 5.41) is 4.86. The molecule has 0 aromatic carbocycles. The fourth-order valence-corrected chi connectivity index (χ4v) is 3.95. The fraction of sp³-hybridized carbons (Fsp3) is 0.545. The van der Waals surface area contributed by atoms with Gasteiger partial charge in [0.25, 0.3) is 10.0 Å². The standard InChI is InChI=1S/C11H17N3O3S2.ClH/c1-14(9-4-5-12-7-9)10(15)8-13-19(16,17)11-3-2-6-18-11;/h2-3,6,9,12-13H,4-5,7-8H2,1H3;1H. The van der Waals surface area contributed by atoms with Crippen molar-refractivity contribution in [2.75, 3.05) is 26.7 Å². The molecule has 1 unspecified atom stereocenters. The van der Waals surface area contributed by atoms with Crippen molar-refractivity contribution in [3.8, 4) is 0 Å². The Bertz CT molecular complexity index is 527. The van der Waals surface area contributed by atoms with E-state index in [0.717, 1.165) is 30.8 Å². The number of amides is 1. The Morgan fingerprint density at radius 3 is 2.90 bits per heavy atom. The van der Waals surface area contributed by atoms with E-state index in [1.807, 2.05) is 0 Å². The zero-order valence-electron chi connectivity index (χ0n) is 11.0. The normalized spacial score (nSPS) is 18.6. The van der Waals surface area contributed by atoms with Crippen LogP contribution in [0.1, 0.15) is 6.42 Å². The molecule has 2 N–H and O–H groups in total. The third-order valence-corrected chi connectivity index (χ3v) is 5.95. The molecule has 0 spiro atoms. The molecule has 2 heterocycles. The van der Waals surface area contributed by atoms with Crippen molar-refractivity contribution in [3.05, 3.63) is 17.5 Å². The zero-order chi connectivity index (χ0) is 13.9. The van der Waals surface area contributed by atoms with E-state index in [2.05, 4.69) is 10.0 Å². The number of thiophene rings is 1. The molecule has 1 aliphatic heterocycles. The smallest absolute Gasteiger partial charge is 0.250 e. The molecule has 0 saturated carbocycles. The van der Waals surface area contributed by atoms with Crippen LogP contribution in [0.15, 0.2) is 21.7 Å². The van der Waals surface area contributed by atoms with E-state index in [1.165, 1.54) is 6.07 Å². The second-order valence-electron chi connectivity index (χ2n) is 4.41. The molecule has 20 heavy (non-hydrogen) atoms. The zero-order valence-corrected chi connectivity index (χ0v) is 13.5. The van der Waals surface area contributed by atoms with Crippen molar-refractivity contribution >= 4 is 39.7 Å². The summed E-state index contributed by atoms with van der Waals surface area (Å²) in [6.45, 7) is 1.45. The summed E-state index contributed by atoms with van der Waals surface area (Å²) in [5.41, 5.74) is 0. The number of carbonyl (C=O) groups is 1. The van der Waals surface area contributed by atoms with Gasteiger partial charge < -0.3 is 10.2 Å². The average Bonchev–Trinajstić information content (AvgIpc) is 3.06. The number of likely N-dealkylation sites (N-methyl/N-ethyl adjacent to an activating group) is 1. The van der Waals surface area contributed by atoms with Gasteiger partial charge in [0.2, 0.25) is 5.91 Å². The van der Waals surface area contributed by atoms with Gasteiger partial charge >= 0.3 is 0 Å². The average molecular weight is 340 g/mol. The highest BCUT2D eigenvalue weighted by atomic mass is 35.5. The predicted octanol–water partition coefficient (Wildman–Crippen LogP) is 0.269. The summed E-state index contributed by atoms with van der Waals surface area (Å²) in [6, 6.07) is 3.33. The molecule has 1 amide bonds. The number of nitrogens with zero attached hydrogens (tertiary/aromatic N) is 1. The van der Waals surface area contributed by atoms with Crippen LogP contribution in [0.5, 0.6) is 0 Å². The van der Waals surface area contributed by atoms with Gasteiger partial charge in [0, 0.05) is 19.6 Å². The summed E-state index contributed by atoms with van der Waals surface area (Å²) < 4.78 is 26.3. The van der Waals surface area contributed by atoms with E-state index in [9.17, 15) is 13.2 Å². The third-order valence-electron chi connectivity index (χ3n) is 3.15. The molecule has 0 radical (unpaired) electrons. The number of carbonyl (C=O) groups excluding carboxylic acids is 1. The van der Waals surface area contributed by atoms with E-state index in [-0.39, 0.29) is 35.1 Å². The van der Waals surface area contributed by atoms with Gasteiger partial charge in [0.05, 0.1) is 6.54 Å². The van der Waals surface area contributed by atoms with E-state index in [0.29, 0.717) is 0 Å². The largest absolute Gasteiger partial charge is 0.340 e. The van der Waals surface area contributed by atoms with Gasteiger partial charge in [-0.3, -0.25) is 4.79 Å². The quantitative estimate of drug-likeness (QED) is 0.807. The lowest BCUT2D eigenvalue weighted by molar-refractivity contribution is -0.130. The Morgan fingerprint density at radius 2 is 2.35 bits per heavy atom. The third kappa shape index (κ3) is 4.16. The molecule has 1 atom stereocenters. The van der Waals surface area contributed by atoms with Gasteiger partial charge in [0.1, 0.15) is 4.21 Å². The lowest BCUT2D eigenvalue weighted by atomic mass is 10.2. The van der Waals surface area contributed by atoms with Gasteiger partial charge in [-0.2, -0.15) is 0 Å². The molecule has 0 aliphatic carbocycles. The summed E-state index contributed by atoms with van der Waals surface area (Å²) in [5.74, 6) is -0.214. The molecule has 6 nitrogen and oxygen atoms in total. The highest BCUT2D eigenvalue weighted by molar-refractivity contribution is 7.91. The molecule has 1 aliphatic rings. The van der Waals surface area contributed by atoms with Crippen LogP contribution in [-0.4, -0.2) is 51.9 Å². The molecule has 9 heteroatoms. The Hall–Kier alpha value is -0.670. The second-order valence-corrected chi connectivity index (χ2v) is 7.35. The minimum absolute atomic E-state index is 0. The van der Waals surface area contributed by atoms with Gasteiger partial charge in [-0.05, 0) is 24.4 Å². The van der Waals surface area contributed by atoms with Crippen LogP contribution >= 0.6 is 23.7 Å².